The average molecular weight is 415 g/mol. The van der Waals surface area contributed by atoms with Gasteiger partial charge in [-0.25, -0.2) is 13.1 Å². The second-order valence-corrected chi connectivity index (χ2v) is 8.49. The van der Waals surface area contributed by atoms with E-state index in [4.69, 9.17) is 23.2 Å². The number of benzene rings is 2. The zero-order chi connectivity index (χ0) is 19.3. The van der Waals surface area contributed by atoms with Crippen LogP contribution in [-0.2, 0) is 27.8 Å². The predicted molar refractivity (Wildman–Crippen MR) is 104 cm³/mol. The number of hydrogen-bond donors (Lipinski definition) is 1. The monoisotopic (exact) mass is 414 g/mol. The Morgan fingerprint density at radius 1 is 1.12 bits per heavy atom. The molecule has 2 aromatic rings. The number of nitrogens with zero attached hydrogens (tertiary/aromatic N) is 1. The van der Waals surface area contributed by atoms with Crippen molar-refractivity contribution in [2.24, 2.45) is 0 Å². The van der Waals surface area contributed by atoms with Crippen molar-refractivity contribution < 1.29 is 13.2 Å². The zero-order valence-corrected chi connectivity index (χ0v) is 16.8. The Balaban J connectivity index is 1.94. The van der Waals surface area contributed by atoms with Gasteiger partial charge < -0.3 is 4.90 Å². The fraction of sp³-hybridized carbons (Fsp3) is 0.278. The summed E-state index contributed by atoms with van der Waals surface area (Å²) in [5.74, 6) is -0.0343. The first kappa shape index (κ1) is 20.7. The van der Waals surface area contributed by atoms with E-state index < -0.39 is 10.0 Å². The summed E-state index contributed by atoms with van der Waals surface area (Å²) < 4.78 is 25.7. The van der Waals surface area contributed by atoms with Gasteiger partial charge in [-0.2, -0.15) is 0 Å². The van der Waals surface area contributed by atoms with Crippen LogP contribution in [0, 0.1) is 0 Å². The van der Waals surface area contributed by atoms with E-state index >= 15 is 0 Å². The zero-order valence-electron chi connectivity index (χ0n) is 14.5. The van der Waals surface area contributed by atoms with Crippen LogP contribution in [0.1, 0.15) is 17.5 Å². The Morgan fingerprint density at radius 2 is 1.77 bits per heavy atom. The molecule has 1 N–H and O–H groups in total. The quantitative estimate of drug-likeness (QED) is 0.753. The molecule has 0 heterocycles. The molecule has 2 aromatic carbocycles. The van der Waals surface area contributed by atoms with E-state index in [1.54, 1.807) is 36.2 Å². The highest BCUT2D eigenvalue weighted by Gasteiger charge is 2.14. The number of carbonyl (C=O) groups excluding carboxylic acids is 1. The maximum Gasteiger partial charge on any atom is 0.240 e. The molecule has 0 aliphatic carbocycles. The number of hydrogen-bond acceptors (Lipinski definition) is 3. The number of carbonyl (C=O) groups is 1. The van der Waals surface area contributed by atoms with Gasteiger partial charge in [-0.15, -0.1) is 0 Å². The molecule has 2 rings (SSSR count). The molecule has 0 saturated carbocycles. The first-order valence-electron chi connectivity index (χ1n) is 7.94. The van der Waals surface area contributed by atoms with Gasteiger partial charge in [-0.1, -0.05) is 47.5 Å². The predicted octanol–water partition coefficient (Wildman–Crippen LogP) is 3.49. The van der Waals surface area contributed by atoms with E-state index in [-0.39, 0.29) is 10.8 Å². The molecule has 0 aromatic heterocycles. The summed E-state index contributed by atoms with van der Waals surface area (Å²) in [6.07, 6.45) is 0.832. The van der Waals surface area contributed by atoms with Crippen molar-refractivity contribution in [3.63, 3.8) is 0 Å². The van der Waals surface area contributed by atoms with Crippen LogP contribution in [0.5, 0.6) is 0 Å². The van der Waals surface area contributed by atoms with Gasteiger partial charge in [0.25, 0.3) is 0 Å². The minimum atomic E-state index is -3.45. The number of aryl methyl sites for hydroxylation is 1. The summed E-state index contributed by atoms with van der Waals surface area (Å²) in [6.45, 7) is 0.373. The van der Waals surface area contributed by atoms with Crippen LogP contribution < -0.4 is 4.72 Å². The minimum Gasteiger partial charge on any atom is -0.341 e. The van der Waals surface area contributed by atoms with Gasteiger partial charge >= 0.3 is 0 Å². The Hall–Kier alpha value is -1.60. The van der Waals surface area contributed by atoms with Crippen LogP contribution in [0.4, 0.5) is 0 Å². The maximum absolute atomic E-state index is 12.3. The summed E-state index contributed by atoms with van der Waals surface area (Å²) in [5.41, 5.74) is 1.68. The molecular weight excluding hydrogens is 395 g/mol. The third kappa shape index (κ3) is 5.20. The normalized spacial score (nSPS) is 11.4. The molecular formula is C18H20Cl2N2O3S. The molecule has 0 bridgehead atoms. The van der Waals surface area contributed by atoms with Crippen molar-refractivity contribution in [3.8, 4) is 0 Å². The van der Waals surface area contributed by atoms with E-state index in [1.807, 2.05) is 6.07 Å². The lowest BCUT2D eigenvalue weighted by molar-refractivity contribution is -0.130. The Bertz CT molecular complexity index is 884. The molecule has 26 heavy (non-hydrogen) atoms. The number of nitrogens with one attached hydrogen (secondary N) is 1. The van der Waals surface area contributed by atoms with Gasteiger partial charge in [-0.3, -0.25) is 4.79 Å². The highest BCUT2D eigenvalue weighted by molar-refractivity contribution is 7.89. The van der Waals surface area contributed by atoms with Crippen LogP contribution in [0.15, 0.2) is 47.4 Å². The van der Waals surface area contributed by atoms with E-state index in [2.05, 4.69) is 4.72 Å². The van der Waals surface area contributed by atoms with Crippen molar-refractivity contribution in [1.29, 1.82) is 0 Å². The standard InChI is InChI=1S/C18H20Cl2N2O3S/c1-21-26(24,25)15-9-6-13(7-10-15)8-11-17(23)22(2)12-14-4-3-5-16(19)18(14)20/h3-7,9-10,21H,8,11-12H2,1-2H3. The maximum atomic E-state index is 12.3. The van der Waals surface area contributed by atoms with Crippen LogP contribution in [-0.4, -0.2) is 33.3 Å². The third-order valence-electron chi connectivity index (χ3n) is 3.99. The second kappa shape index (κ2) is 8.86. The minimum absolute atomic E-state index is 0.0343. The molecule has 0 spiro atoms. The van der Waals surface area contributed by atoms with Gasteiger partial charge in [0, 0.05) is 20.0 Å². The molecule has 0 radical (unpaired) electrons. The Kier molecular flexibility index (Phi) is 7.06. The molecule has 1 amide bonds. The molecule has 0 atom stereocenters. The van der Waals surface area contributed by atoms with Gasteiger partial charge in [0.2, 0.25) is 15.9 Å². The molecule has 5 nitrogen and oxygen atoms in total. The summed E-state index contributed by atoms with van der Waals surface area (Å²) in [4.78, 5) is 14.1. The Labute approximate surface area is 164 Å². The summed E-state index contributed by atoms with van der Waals surface area (Å²) in [7, 11) is -0.375. The summed E-state index contributed by atoms with van der Waals surface area (Å²) >= 11 is 12.1. The first-order valence-corrected chi connectivity index (χ1v) is 10.2. The summed E-state index contributed by atoms with van der Waals surface area (Å²) in [6, 6.07) is 11.8. The third-order valence-corrected chi connectivity index (χ3v) is 6.28. The van der Waals surface area contributed by atoms with Crippen LogP contribution in [0.2, 0.25) is 10.0 Å². The molecule has 0 fully saturated rings. The number of rotatable bonds is 7. The molecule has 0 aliphatic rings. The first-order chi connectivity index (χ1) is 12.2. The number of halogens is 2. The molecule has 0 unspecified atom stereocenters. The lowest BCUT2D eigenvalue weighted by atomic mass is 10.1. The van der Waals surface area contributed by atoms with Crippen LogP contribution in [0.3, 0.4) is 0 Å². The van der Waals surface area contributed by atoms with Gasteiger partial charge in [0.05, 0.1) is 14.9 Å². The second-order valence-electron chi connectivity index (χ2n) is 5.81. The van der Waals surface area contributed by atoms with E-state index in [0.717, 1.165) is 11.1 Å². The van der Waals surface area contributed by atoms with E-state index in [1.165, 1.54) is 19.2 Å². The highest BCUT2D eigenvalue weighted by atomic mass is 35.5. The van der Waals surface area contributed by atoms with Crippen molar-refractivity contribution >= 4 is 39.1 Å². The topological polar surface area (TPSA) is 66.5 Å². The molecule has 8 heteroatoms. The van der Waals surface area contributed by atoms with E-state index in [9.17, 15) is 13.2 Å². The van der Waals surface area contributed by atoms with E-state index in [0.29, 0.717) is 29.4 Å². The highest BCUT2D eigenvalue weighted by Crippen LogP contribution is 2.26. The van der Waals surface area contributed by atoms with Crippen molar-refractivity contribution in [2.45, 2.75) is 24.3 Å². The fourth-order valence-electron chi connectivity index (χ4n) is 2.41. The smallest absolute Gasteiger partial charge is 0.240 e. The SMILES string of the molecule is CNS(=O)(=O)c1ccc(CCC(=O)N(C)Cc2cccc(Cl)c2Cl)cc1. The molecule has 140 valence electrons. The lowest BCUT2D eigenvalue weighted by Gasteiger charge is -2.18. The Morgan fingerprint density at radius 3 is 2.38 bits per heavy atom. The number of amides is 1. The van der Waals surface area contributed by atoms with Crippen molar-refractivity contribution in [1.82, 2.24) is 9.62 Å². The van der Waals surface area contributed by atoms with Gasteiger partial charge in [0.15, 0.2) is 0 Å². The number of sulfonamides is 1. The van der Waals surface area contributed by atoms with Gasteiger partial charge in [-0.05, 0) is 42.8 Å². The summed E-state index contributed by atoms with van der Waals surface area (Å²) in [5, 5.41) is 0.914. The largest absolute Gasteiger partial charge is 0.341 e. The van der Waals surface area contributed by atoms with Gasteiger partial charge in [0.1, 0.15) is 0 Å². The van der Waals surface area contributed by atoms with Crippen molar-refractivity contribution in [2.75, 3.05) is 14.1 Å². The van der Waals surface area contributed by atoms with Crippen LogP contribution in [0.25, 0.3) is 0 Å². The molecule has 0 aliphatic heterocycles. The molecule has 0 saturated heterocycles. The average Bonchev–Trinajstić information content (AvgIpc) is 2.63. The fourth-order valence-corrected chi connectivity index (χ4v) is 3.52. The van der Waals surface area contributed by atoms with Crippen molar-refractivity contribution in [3.05, 3.63) is 63.6 Å². The van der Waals surface area contributed by atoms with Crippen LogP contribution >= 0.6 is 23.2 Å². The lowest BCUT2D eigenvalue weighted by Crippen LogP contribution is -2.26.